The molecule has 0 aromatic carbocycles. The number of hydrogen-bond acceptors (Lipinski definition) is 2. The monoisotopic (exact) mass is 240 g/mol. The summed E-state index contributed by atoms with van der Waals surface area (Å²) in [6.45, 7) is 6.12. The molecule has 1 nitrogen and oxygen atoms in total. The summed E-state index contributed by atoms with van der Waals surface area (Å²) in [7, 11) is 0. The average molecular weight is 241 g/mol. The van der Waals surface area contributed by atoms with Gasteiger partial charge >= 0.3 is 0 Å². The second-order valence-electron chi connectivity index (χ2n) is 3.68. The molecule has 0 saturated carbocycles. The molecule has 2 rings (SSSR count). The van der Waals surface area contributed by atoms with Gasteiger partial charge in [-0.1, -0.05) is 0 Å². The van der Waals surface area contributed by atoms with Gasteiger partial charge in [0.15, 0.2) is 0 Å². The Morgan fingerprint density at radius 3 is 2.47 bits per heavy atom. The van der Waals surface area contributed by atoms with E-state index in [2.05, 4.69) is 19.9 Å². The van der Waals surface area contributed by atoms with Crippen LogP contribution in [0.4, 0.5) is 0 Å². The van der Waals surface area contributed by atoms with Gasteiger partial charge in [-0.15, -0.1) is 22.9 Å². The molecule has 0 N–H and O–H groups in total. The minimum absolute atomic E-state index is 0.163. The van der Waals surface area contributed by atoms with Gasteiger partial charge in [0.1, 0.15) is 16.9 Å². The van der Waals surface area contributed by atoms with Crippen LogP contribution in [0.15, 0.2) is 22.6 Å². The molecule has 1 unspecified atom stereocenters. The van der Waals surface area contributed by atoms with Crippen molar-refractivity contribution in [2.45, 2.75) is 26.1 Å². The van der Waals surface area contributed by atoms with Gasteiger partial charge in [-0.3, -0.25) is 0 Å². The van der Waals surface area contributed by atoms with Crippen LogP contribution in [0.25, 0.3) is 0 Å². The molecule has 15 heavy (non-hydrogen) atoms. The average Bonchev–Trinajstić information content (AvgIpc) is 2.71. The van der Waals surface area contributed by atoms with Crippen molar-refractivity contribution in [2.24, 2.45) is 0 Å². The van der Waals surface area contributed by atoms with E-state index in [0.717, 1.165) is 17.1 Å². The third-order valence-electron chi connectivity index (χ3n) is 2.36. The minimum atomic E-state index is -0.163. The van der Waals surface area contributed by atoms with E-state index in [9.17, 15) is 0 Å². The molecule has 0 fully saturated rings. The second kappa shape index (κ2) is 4.03. The van der Waals surface area contributed by atoms with Crippen LogP contribution < -0.4 is 0 Å². The highest BCUT2D eigenvalue weighted by Gasteiger charge is 2.18. The fourth-order valence-electron chi connectivity index (χ4n) is 1.65. The highest BCUT2D eigenvalue weighted by Crippen LogP contribution is 2.35. The maximum absolute atomic E-state index is 6.38. The molecular formula is C12H13ClOS. The van der Waals surface area contributed by atoms with Crippen LogP contribution >= 0.6 is 22.9 Å². The molecule has 2 aromatic heterocycles. The maximum Gasteiger partial charge on any atom is 0.126 e. The Kier molecular flexibility index (Phi) is 2.89. The zero-order valence-electron chi connectivity index (χ0n) is 9.00. The molecule has 2 aromatic rings. The molecule has 0 aliphatic carbocycles. The molecule has 0 amide bonds. The van der Waals surface area contributed by atoms with Crippen LogP contribution in [0.5, 0.6) is 0 Å². The molecule has 0 bridgehead atoms. The van der Waals surface area contributed by atoms with Crippen LogP contribution in [0, 0.1) is 20.8 Å². The van der Waals surface area contributed by atoms with E-state index < -0.39 is 0 Å². The third-order valence-corrected chi connectivity index (χ3v) is 3.80. The van der Waals surface area contributed by atoms with Gasteiger partial charge in [0.2, 0.25) is 0 Å². The summed E-state index contributed by atoms with van der Waals surface area (Å²) >= 11 is 8.15. The summed E-state index contributed by atoms with van der Waals surface area (Å²) in [4.78, 5) is 2.55. The van der Waals surface area contributed by atoms with Crippen molar-refractivity contribution >= 4 is 22.9 Å². The number of furan rings is 1. The summed E-state index contributed by atoms with van der Waals surface area (Å²) in [6, 6.07) is 6.02. The molecule has 0 aliphatic rings. The van der Waals surface area contributed by atoms with E-state index in [4.69, 9.17) is 16.0 Å². The first-order chi connectivity index (χ1) is 7.08. The van der Waals surface area contributed by atoms with Gasteiger partial charge in [0.05, 0.1) is 0 Å². The predicted octanol–water partition coefficient (Wildman–Crippen LogP) is 4.59. The summed E-state index contributed by atoms with van der Waals surface area (Å²) < 4.78 is 5.54. The quantitative estimate of drug-likeness (QED) is 0.700. The molecule has 0 aliphatic heterocycles. The summed E-state index contributed by atoms with van der Waals surface area (Å²) in [6.07, 6.45) is 0. The van der Waals surface area contributed by atoms with E-state index >= 15 is 0 Å². The van der Waals surface area contributed by atoms with Gasteiger partial charge < -0.3 is 4.42 Å². The Hall–Kier alpha value is -0.730. The lowest BCUT2D eigenvalue weighted by Gasteiger charge is -2.05. The van der Waals surface area contributed by atoms with Gasteiger partial charge in [-0.05, 0) is 44.5 Å². The fraction of sp³-hybridized carbons (Fsp3) is 0.333. The van der Waals surface area contributed by atoms with E-state index in [1.54, 1.807) is 11.3 Å². The molecule has 2 heterocycles. The number of alkyl halides is 1. The molecule has 80 valence electrons. The molecule has 0 radical (unpaired) electrons. The summed E-state index contributed by atoms with van der Waals surface area (Å²) in [5.74, 6) is 1.73. The van der Waals surface area contributed by atoms with Crippen molar-refractivity contribution in [3.63, 3.8) is 0 Å². The zero-order chi connectivity index (χ0) is 11.0. The second-order valence-corrected chi connectivity index (χ2v) is 5.58. The lowest BCUT2D eigenvalue weighted by molar-refractivity contribution is 0.489. The lowest BCUT2D eigenvalue weighted by atomic mass is 10.1. The summed E-state index contributed by atoms with van der Waals surface area (Å²) in [5.41, 5.74) is 1.16. The standard InChI is InChI=1S/C12H13ClOS/c1-7-4-5-11(14-7)12(13)10-6-8(2)15-9(10)3/h4-6,12H,1-3H3. The first-order valence-electron chi connectivity index (χ1n) is 4.85. The van der Waals surface area contributed by atoms with Crippen LogP contribution in [-0.4, -0.2) is 0 Å². The Bertz CT molecular complexity index is 470. The minimum Gasteiger partial charge on any atom is -0.464 e. The Morgan fingerprint density at radius 1 is 1.27 bits per heavy atom. The van der Waals surface area contributed by atoms with Crippen molar-refractivity contribution in [3.05, 3.63) is 45.0 Å². The third kappa shape index (κ3) is 2.11. The molecular weight excluding hydrogens is 228 g/mol. The van der Waals surface area contributed by atoms with E-state index in [-0.39, 0.29) is 5.38 Å². The van der Waals surface area contributed by atoms with E-state index in [1.807, 2.05) is 19.1 Å². The van der Waals surface area contributed by atoms with Gasteiger partial charge in [0.25, 0.3) is 0 Å². The largest absolute Gasteiger partial charge is 0.464 e. The number of rotatable bonds is 2. The molecule has 3 heteroatoms. The van der Waals surface area contributed by atoms with E-state index in [0.29, 0.717) is 0 Å². The highest BCUT2D eigenvalue weighted by molar-refractivity contribution is 7.12. The van der Waals surface area contributed by atoms with Crippen molar-refractivity contribution in [3.8, 4) is 0 Å². The first kappa shape index (κ1) is 10.8. The fourth-order valence-corrected chi connectivity index (χ4v) is 3.02. The van der Waals surface area contributed by atoms with Crippen molar-refractivity contribution < 1.29 is 4.42 Å². The van der Waals surface area contributed by atoms with Crippen molar-refractivity contribution in [1.82, 2.24) is 0 Å². The van der Waals surface area contributed by atoms with Crippen LogP contribution in [0.2, 0.25) is 0 Å². The smallest absolute Gasteiger partial charge is 0.126 e. The Balaban J connectivity index is 2.35. The van der Waals surface area contributed by atoms with E-state index in [1.165, 1.54) is 9.75 Å². The van der Waals surface area contributed by atoms with Gasteiger partial charge in [-0.25, -0.2) is 0 Å². The lowest BCUT2D eigenvalue weighted by Crippen LogP contribution is -1.90. The Morgan fingerprint density at radius 2 is 2.00 bits per heavy atom. The van der Waals surface area contributed by atoms with Crippen molar-refractivity contribution in [2.75, 3.05) is 0 Å². The number of hydrogen-bond donors (Lipinski definition) is 0. The molecule has 0 saturated heterocycles. The molecule has 0 spiro atoms. The van der Waals surface area contributed by atoms with Crippen molar-refractivity contribution in [1.29, 1.82) is 0 Å². The Labute approximate surface area is 98.7 Å². The number of aryl methyl sites for hydroxylation is 3. The van der Waals surface area contributed by atoms with Gasteiger partial charge in [-0.2, -0.15) is 0 Å². The highest BCUT2D eigenvalue weighted by atomic mass is 35.5. The number of thiophene rings is 1. The van der Waals surface area contributed by atoms with Gasteiger partial charge in [0, 0.05) is 9.75 Å². The SMILES string of the molecule is Cc1ccc(C(Cl)c2cc(C)sc2C)o1. The van der Waals surface area contributed by atoms with Crippen LogP contribution in [0.3, 0.4) is 0 Å². The van der Waals surface area contributed by atoms with Crippen LogP contribution in [0.1, 0.15) is 32.2 Å². The predicted molar refractivity (Wildman–Crippen MR) is 64.9 cm³/mol. The normalized spacial score (nSPS) is 13.1. The number of halogens is 1. The first-order valence-corrected chi connectivity index (χ1v) is 6.10. The van der Waals surface area contributed by atoms with Crippen LogP contribution in [-0.2, 0) is 0 Å². The zero-order valence-corrected chi connectivity index (χ0v) is 10.6. The topological polar surface area (TPSA) is 13.1 Å². The summed E-state index contributed by atoms with van der Waals surface area (Å²) in [5, 5.41) is -0.163. The molecule has 1 atom stereocenters. The maximum atomic E-state index is 6.38.